The number of amides is 1. The fraction of sp³-hybridized carbons (Fsp3) is 0.917. The van der Waals surface area contributed by atoms with E-state index in [1.807, 2.05) is 20.8 Å². The number of unbranched alkanes of at least 4 members (excludes halogenated alkanes) is 1. The standard InChI is InChI=1S/C12H25NO3/c1-4-7-10-16-12(14)13(15)11(8-5-2)9-6-3/h11,15H,4-10H2,1-3H3. The average molecular weight is 231 g/mol. The fourth-order valence-electron chi connectivity index (χ4n) is 1.57. The third kappa shape index (κ3) is 5.95. The molecule has 0 aromatic carbocycles. The predicted molar refractivity (Wildman–Crippen MR) is 63.5 cm³/mol. The van der Waals surface area contributed by atoms with Crippen LogP contribution >= 0.6 is 0 Å². The molecule has 0 aliphatic heterocycles. The molecule has 0 rings (SSSR count). The van der Waals surface area contributed by atoms with E-state index in [0.29, 0.717) is 6.61 Å². The van der Waals surface area contributed by atoms with Crippen molar-refractivity contribution in [2.45, 2.75) is 65.3 Å². The number of carbonyl (C=O) groups excluding carboxylic acids is 1. The Morgan fingerprint density at radius 2 is 1.75 bits per heavy atom. The summed E-state index contributed by atoms with van der Waals surface area (Å²) in [6, 6.07) is -0.107. The minimum Gasteiger partial charge on any atom is -0.448 e. The van der Waals surface area contributed by atoms with Gasteiger partial charge in [0.05, 0.1) is 12.6 Å². The SMILES string of the molecule is CCCCOC(=O)N(O)C(CCC)CCC. The van der Waals surface area contributed by atoms with Gasteiger partial charge in [0, 0.05) is 0 Å². The van der Waals surface area contributed by atoms with Crippen LogP contribution in [-0.4, -0.2) is 29.0 Å². The molecule has 1 amide bonds. The lowest BCUT2D eigenvalue weighted by Crippen LogP contribution is -2.38. The van der Waals surface area contributed by atoms with E-state index in [1.165, 1.54) is 0 Å². The van der Waals surface area contributed by atoms with Crippen LogP contribution in [0.1, 0.15) is 59.3 Å². The van der Waals surface area contributed by atoms with Gasteiger partial charge in [-0.15, -0.1) is 0 Å². The molecule has 0 aromatic rings. The molecule has 4 nitrogen and oxygen atoms in total. The molecule has 0 heterocycles. The third-order valence-electron chi connectivity index (χ3n) is 2.50. The van der Waals surface area contributed by atoms with Crippen molar-refractivity contribution in [3.63, 3.8) is 0 Å². The van der Waals surface area contributed by atoms with Crippen LogP contribution in [0.15, 0.2) is 0 Å². The first kappa shape index (κ1) is 15.2. The van der Waals surface area contributed by atoms with Crippen LogP contribution in [0, 0.1) is 0 Å². The van der Waals surface area contributed by atoms with Gasteiger partial charge in [-0.2, -0.15) is 5.06 Å². The van der Waals surface area contributed by atoms with Crippen LogP contribution in [0.5, 0.6) is 0 Å². The van der Waals surface area contributed by atoms with Gasteiger partial charge in [0.1, 0.15) is 0 Å². The van der Waals surface area contributed by atoms with Crippen LogP contribution in [0.3, 0.4) is 0 Å². The number of ether oxygens (including phenoxy) is 1. The number of hydrogen-bond donors (Lipinski definition) is 1. The summed E-state index contributed by atoms with van der Waals surface area (Å²) in [6.07, 6.45) is 4.73. The Hall–Kier alpha value is -0.770. The molecule has 0 aromatic heterocycles. The Bertz CT molecular complexity index is 179. The lowest BCUT2D eigenvalue weighted by atomic mass is 10.1. The molecule has 1 N–H and O–H groups in total. The highest BCUT2D eigenvalue weighted by molar-refractivity contribution is 5.66. The van der Waals surface area contributed by atoms with E-state index < -0.39 is 6.09 Å². The number of nitrogens with zero attached hydrogens (tertiary/aromatic N) is 1. The number of rotatable bonds is 8. The van der Waals surface area contributed by atoms with Crippen LogP contribution in [0.25, 0.3) is 0 Å². The van der Waals surface area contributed by atoms with Crippen molar-refractivity contribution in [1.82, 2.24) is 5.06 Å². The average Bonchev–Trinajstić information content (AvgIpc) is 2.28. The Morgan fingerprint density at radius 1 is 1.19 bits per heavy atom. The maximum Gasteiger partial charge on any atom is 0.433 e. The van der Waals surface area contributed by atoms with E-state index in [-0.39, 0.29) is 6.04 Å². The zero-order valence-corrected chi connectivity index (χ0v) is 10.7. The van der Waals surface area contributed by atoms with Crippen LogP contribution in [0.2, 0.25) is 0 Å². The second-order valence-electron chi connectivity index (χ2n) is 4.04. The van der Waals surface area contributed by atoms with Gasteiger partial charge in [0.25, 0.3) is 0 Å². The van der Waals surface area contributed by atoms with Gasteiger partial charge in [-0.3, -0.25) is 5.21 Å². The molecule has 0 saturated carbocycles. The summed E-state index contributed by atoms with van der Waals surface area (Å²) >= 11 is 0. The Morgan fingerprint density at radius 3 is 2.19 bits per heavy atom. The van der Waals surface area contributed by atoms with Crippen molar-refractivity contribution < 1.29 is 14.7 Å². The van der Waals surface area contributed by atoms with E-state index in [0.717, 1.165) is 43.6 Å². The molecular formula is C12H25NO3. The van der Waals surface area contributed by atoms with Crippen LogP contribution in [-0.2, 0) is 4.74 Å². The Labute approximate surface area is 98.5 Å². The molecule has 96 valence electrons. The minimum atomic E-state index is -0.611. The molecule has 0 bridgehead atoms. The maximum atomic E-state index is 11.5. The van der Waals surface area contributed by atoms with E-state index in [1.54, 1.807) is 0 Å². The summed E-state index contributed by atoms with van der Waals surface area (Å²) < 4.78 is 4.95. The third-order valence-corrected chi connectivity index (χ3v) is 2.50. The molecule has 0 spiro atoms. The lowest BCUT2D eigenvalue weighted by molar-refractivity contribution is -0.108. The highest BCUT2D eigenvalue weighted by Gasteiger charge is 2.21. The predicted octanol–water partition coefficient (Wildman–Crippen LogP) is 3.58. The Balaban J connectivity index is 4.03. The van der Waals surface area contributed by atoms with Crippen molar-refractivity contribution in [1.29, 1.82) is 0 Å². The van der Waals surface area contributed by atoms with E-state index in [9.17, 15) is 10.0 Å². The highest BCUT2D eigenvalue weighted by Crippen LogP contribution is 2.12. The summed E-state index contributed by atoms with van der Waals surface area (Å²) in [7, 11) is 0. The van der Waals surface area contributed by atoms with Crippen LogP contribution in [0.4, 0.5) is 4.79 Å². The molecule has 0 atom stereocenters. The molecule has 0 saturated heterocycles. The van der Waals surface area contributed by atoms with Gasteiger partial charge in [0.2, 0.25) is 0 Å². The van der Waals surface area contributed by atoms with Gasteiger partial charge in [-0.25, -0.2) is 4.79 Å². The second kappa shape index (κ2) is 9.46. The number of hydrogen-bond acceptors (Lipinski definition) is 3. The summed E-state index contributed by atoms with van der Waals surface area (Å²) in [4.78, 5) is 11.5. The van der Waals surface area contributed by atoms with Crippen molar-refractivity contribution in [3.05, 3.63) is 0 Å². The normalized spacial score (nSPS) is 10.6. The monoisotopic (exact) mass is 231 g/mol. The number of hydroxylamine groups is 2. The van der Waals surface area contributed by atoms with Gasteiger partial charge < -0.3 is 4.74 Å². The van der Waals surface area contributed by atoms with Crippen LogP contribution < -0.4 is 0 Å². The first-order valence-electron chi connectivity index (χ1n) is 6.32. The Kier molecular flexibility index (Phi) is 9.00. The molecule has 0 fully saturated rings. The van der Waals surface area contributed by atoms with Crippen molar-refractivity contribution in [2.24, 2.45) is 0 Å². The molecule has 0 aliphatic carbocycles. The van der Waals surface area contributed by atoms with E-state index >= 15 is 0 Å². The maximum absolute atomic E-state index is 11.5. The summed E-state index contributed by atoms with van der Waals surface area (Å²) in [6.45, 7) is 6.50. The molecule has 0 unspecified atom stereocenters. The van der Waals surface area contributed by atoms with Crippen molar-refractivity contribution >= 4 is 6.09 Å². The molecular weight excluding hydrogens is 206 g/mol. The zero-order valence-electron chi connectivity index (χ0n) is 10.7. The van der Waals surface area contributed by atoms with Gasteiger partial charge in [-0.1, -0.05) is 40.0 Å². The van der Waals surface area contributed by atoms with Gasteiger partial charge in [-0.05, 0) is 19.3 Å². The van der Waals surface area contributed by atoms with Crippen molar-refractivity contribution in [3.8, 4) is 0 Å². The lowest BCUT2D eigenvalue weighted by Gasteiger charge is -2.24. The smallest absolute Gasteiger partial charge is 0.433 e. The van der Waals surface area contributed by atoms with E-state index in [4.69, 9.17) is 4.74 Å². The summed E-state index contributed by atoms with van der Waals surface area (Å²) in [5, 5.41) is 10.5. The summed E-state index contributed by atoms with van der Waals surface area (Å²) in [5.74, 6) is 0. The molecule has 4 heteroatoms. The molecule has 0 aliphatic rings. The van der Waals surface area contributed by atoms with Gasteiger partial charge >= 0.3 is 6.09 Å². The van der Waals surface area contributed by atoms with Crippen molar-refractivity contribution in [2.75, 3.05) is 6.61 Å². The zero-order chi connectivity index (χ0) is 12.4. The fourth-order valence-corrected chi connectivity index (χ4v) is 1.57. The topological polar surface area (TPSA) is 49.8 Å². The van der Waals surface area contributed by atoms with E-state index in [2.05, 4.69) is 0 Å². The molecule has 16 heavy (non-hydrogen) atoms. The quantitative estimate of drug-likeness (QED) is 0.394. The van der Waals surface area contributed by atoms with Gasteiger partial charge in [0.15, 0.2) is 0 Å². The first-order chi connectivity index (χ1) is 7.67. The minimum absolute atomic E-state index is 0.107. The molecule has 0 radical (unpaired) electrons. The largest absolute Gasteiger partial charge is 0.448 e. The summed E-state index contributed by atoms with van der Waals surface area (Å²) in [5.41, 5.74) is 0. The first-order valence-corrected chi connectivity index (χ1v) is 6.32. The highest BCUT2D eigenvalue weighted by atomic mass is 16.6. The number of carbonyl (C=O) groups is 1. The second-order valence-corrected chi connectivity index (χ2v) is 4.04.